The van der Waals surface area contributed by atoms with Gasteiger partial charge in [0.15, 0.2) is 16.6 Å². The van der Waals surface area contributed by atoms with Gasteiger partial charge < -0.3 is 52.8 Å². The topological polar surface area (TPSA) is 197 Å². The van der Waals surface area contributed by atoms with E-state index in [1.807, 2.05) is 27.7 Å². The van der Waals surface area contributed by atoms with Gasteiger partial charge in [0, 0.05) is 52.0 Å². The van der Waals surface area contributed by atoms with E-state index in [-0.39, 0.29) is 56.1 Å². The Bertz CT molecular complexity index is 1890. The number of rotatable bonds is 19. The molecule has 4 aliphatic rings. The molecule has 4 rings (SSSR count). The van der Waals surface area contributed by atoms with Crippen LogP contribution in [0.15, 0.2) is 23.3 Å². The number of aliphatic hydroxyl groups is 3. The fourth-order valence-electron chi connectivity index (χ4n) is 13.2. The highest BCUT2D eigenvalue weighted by atomic mass is 28.4. The Kier molecular flexibility index (Phi) is 25.6. The second-order valence-corrected chi connectivity index (χ2v) is 32.8. The predicted molar refractivity (Wildman–Crippen MR) is 297 cm³/mol. The van der Waals surface area contributed by atoms with Gasteiger partial charge in [0.2, 0.25) is 5.79 Å². The number of esters is 1. The quantitative estimate of drug-likeness (QED) is 0.0478. The third kappa shape index (κ3) is 15.8. The van der Waals surface area contributed by atoms with Gasteiger partial charge in [-0.25, -0.2) is 4.79 Å². The van der Waals surface area contributed by atoms with E-state index in [1.54, 1.807) is 28.3 Å². The number of hydrogen-bond donors (Lipinski definition) is 3. The molecular weight excluding hydrogens is 991 g/mol. The minimum Gasteiger partial charge on any atom is -0.456 e. The number of carbonyl (C=O) groups is 4. The molecule has 15 nitrogen and oxygen atoms in total. The number of ether oxygens (including phenoxy) is 5. The summed E-state index contributed by atoms with van der Waals surface area (Å²) in [6, 6.07) is 4.25. The molecule has 3 N–H and O–H groups in total. The van der Waals surface area contributed by atoms with E-state index in [9.17, 15) is 29.7 Å². The highest BCUT2D eigenvalue weighted by Gasteiger charge is 2.57. The first kappa shape index (κ1) is 65.4. The van der Waals surface area contributed by atoms with Crippen LogP contribution in [0.5, 0.6) is 0 Å². The molecule has 3 fully saturated rings. The van der Waals surface area contributed by atoms with Crippen LogP contribution in [-0.4, -0.2) is 155 Å². The molecule has 75 heavy (non-hydrogen) atoms. The van der Waals surface area contributed by atoms with Crippen molar-refractivity contribution >= 4 is 40.1 Å². The molecule has 0 aromatic carbocycles. The molecule has 14 unspecified atom stereocenters. The minimum absolute atomic E-state index is 0.0240. The van der Waals surface area contributed by atoms with Gasteiger partial charge in [-0.15, -0.1) is 0 Å². The molecule has 3 heterocycles. The molecule has 432 valence electrons. The first-order valence-electron chi connectivity index (χ1n) is 29.1. The average molecular weight is 1090 g/mol. The molecule has 1 amide bonds. The van der Waals surface area contributed by atoms with Gasteiger partial charge in [0.05, 0.1) is 43.2 Å². The summed E-state index contributed by atoms with van der Waals surface area (Å²) >= 11 is 0. The molecule has 0 spiro atoms. The first-order chi connectivity index (χ1) is 35.5. The second kappa shape index (κ2) is 29.3. The second-order valence-electron chi connectivity index (χ2n) is 23.4. The van der Waals surface area contributed by atoms with Gasteiger partial charge in [-0.3, -0.25) is 14.4 Å². The number of carbonyl (C=O) groups excluding carboxylic acids is 4. The molecule has 0 aromatic rings. The van der Waals surface area contributed by atoms with Crippen LogP contribution < -0.4 is 0 Å². The van der Waals surface area contributed by atoms with E-state index in [4.69, 9.17) is 32.5 Å². The maximum atomic E-state index is 15.3. The van der Waals surface area contributed by atoms with Gasteiger partial charge >= 0.3 is 5.97 Å². The van der Waals surface area contributed by atoms with Gasteiger partial charge in [-0.2, -0.15) is 0 Å². The Labute approximate surface area is 454 Å². The summed E-state index contributed by atoms with van der Waals surface area (Å²) in [4.78, 5) is 60.9. The molecule has 1 saturated carbocycles. The summed E-state index contributed by atoms with van der Waals surface area (Å²) in [6.45, 7) is 24.4. The third-order valence-corrected chi connectivity index (χ3v) is 27.9. The van der Waals surface area contributed by atoms with Gasteiger partial charge in [-0.1, -0.05) is 87.0 Å². The Morgan fingerprint density at radius 2 is 1.39 bits per heavy atom. The molecular formula is C58H103NO14Si2. The summed E-state index contributed by atoms with van der Waals surface area (Å²) in [5.41, 5.74) is 0.986. The lowest BCUT2D eigenvalue weighted by Crippen LogP contribution is -2.64. The minimum atomic E-state index is -2.54. The van der Waals surface area contributed by atoms with Gasteiger partial charge in [-0.05, 0) is 138 Å². The van der Waals surface area contributed by atoms with Crippen molar-refractivity contribution in [2.75, 3.05) is 34.5 Å². The predicted octanol–water partition coefficient (Wildman–Crippen LogP) is 9.65. The molecule has 17 heteroatoms. The van der Waals surface area contributed by atoms with E-state index < -0.39 is 113 Å². The monoisotopic (exact) mass is 1090 g/mol. The Morgan fingerprint density at radius 3 is 1.93 bits per heavy atom. The lowest BCUT2D eigenvalue weighted by Gasteiger charge is -2.47. The van der Waals surface area contributed by atoms with E-state index in [0.717, 1.165) is 41.8 Å². The van der Waals surface area contributed by atoms with Crippen molar-refractivity contribution in [3.63, 3.8) is 0 Å². The number of Topliss-reactive ketones (excluding diaryl/α,β-unsaturated/α-hetero) is 2. The van der Waals surface area contributed by atoms with Crippen molar-refractivity contribution in [3.05, 3.63) is 23.3 Å². The SMILES string of the molecule is CCC1/C=C(\C)CC(C)CC(OC)C2OC(O)(C(=O)C(=O)N3CCCCC3C(=O)OC(C(C)=CC3(CC(O)CO)CC[C@H](O[Si](CC)(CC)CC)C(OC)C3)C(C)C(O[Si](CC)(CC)CC)CC1=O)C(C)CC2OC. The summed E-state index contributed by atoms with van der Waals surface area (Å²) in [5.74, 6) is -7.23. The fourth-order valence-corrected chi connectivity index (χ4v) is 19.1. The smallest absolute Gasteiger partial charge is 0.329 e. The van der Waals surface area contributed by atoms with Crippen molar-refractivity contribution in [1.82, 2.24) is 4.90 Å². The molecule has 15 atom stereocenters. The lowest BCUT2D eigenvalue weighted by molar-refractivity contribution is -0.302. The number of cyclic esters (lactones) is 1. The highest BCUT2D eigenvalue weighted by molar-refractivity contribution is 6.74. The van der Waals surface area contributed by atoms with E-state index >= 15 is 4.79 Å². The van der Waals surface area contributed by atoms with Crippen molar-refractivity contribution in [2.45, 2.75) is 257 Å². The summed E-state index contributed by atoms with van der Waals surface area (Å²) < 4.78 is 45.9. The lowest BCUT2D eigenvalue weighted by atomic mass is 9.67. The van der Waals surface area contributed by atoms with Gasteiger partial charge in [0.25, 0.3) is 11.7 Å². The van der Waals surface area contributed by atoms with Crippen molar-refractivity contribution < 1.29 is 67.0 Å². The maximum absolute atomic E-state index is 15.3. The number of ketones is 2. The van der Waals surface area contributed by atoms with Crippen LogP contribution in [0.1, 0.15) is 160 Å². The van der Waals surface area contributed by atoms with Gasteiger partial charge in [0.1, 0.15) is 24.0 Å². The van der Waals surface area contributed by atoms with Crippen LogP contribution in [0.25, 0.3) is 0 Å². The van der Waals surface area contributed by atoms with Crippen LogP contribution in [0, 0.1) is 29.1 Å². The van der Waals surface area contributed by atoms with Crippen molar-refractivity contribution in [2.24, 2.45) is 29.1 Å². The molecule has 2 saturated heterocycles. The Morgan fingerprint density at radius 1 is 0.813 bits per heavy atom. The number of methoxy groups -OCH3 is 3. The first-order valence-corrected chi connectivity index (χ1v) is 34.2. The fraction of sp³-hybridized carbons (Fsp3) is 0.862. The Balaban J connectivity index is 1.97. The largest absolute Gasteiger partial charge is 0.456 e. The zero-order valence-electron chi connectivity index (χ0n) is 49.1. The van der Waals surface area contributed by atoms with Crippen molar-refractivity contribution in [3.8, 4) is 0 Å². The van der Waals surface area contributed by atoms with Crippen LogP contribution >= 0.6 is 0 Å². The molecule has 1 aliphatic carbocycles. The zero-order valence-corrected chi connectivity index (χ0v) is 51.1. The number of allylic oxidation sites excluding steroid dienone is 3. The molecule has 3 aliphatic heterocycles. The van der Waals surface area contributed by atoms with Crippen LogP contribution in [-0.2, 0) is 51.7 Å². The highest BCUT2D eigenvalue weighted by Crippen LogP contribution is 2.47. The van der Waals surface area contributed by atoms with E-state index in [0.29, 0.717) is 56.9 Å². The number of piperidine rings is 1. The number of amides is 1. The molecule has 0 radical (unpaired) electrons. The number of hydrogen-bond acceptors (Lipinski definition) is 14. The third-order valence-electron chi connectivity index (χ3n) is 18.6. The van der Waals surface area contributed by atoms with E-state index in [2.05, 4.69) is 60.6 Å². The zero-order chi connectivity index (χ0) is 56.1. The summed E-state index contributed by atoms with van der Waals surface area (Å²) in [5, 5.41) is 34.0. The average Bonchev–Trinajstić information content (AvgIpc) is 3.41. The Hall–Kier alpha value is -2.17. The normalized spacial score (nSPS) is 36.0. The van der Waals surface area contributed by atoms with Crippen LogP contribution in [0.4, 0.5) is 0 Å². The number of aliphatic hydroxyl groups excluding tert-OH is 2. The van der Waals surface area contributed by atoms with E-state index in [1.165, 1.54) is 4.90 Å². The molecule has 2 bridgehead atoms. The summed E-state index contributed by atoms with van der Waals surface area (Å²) in [7, 11) is 0.312. The number of nitrogens with zero attached hydrogens (tertiary/aromatic N) is 1. The van der Waals surface area contributed by atoms with Crippen LogP contribution in [0.3, 0.4) is 0 Å². The summed E-state index contributed by atoms with van der Waals surface area (Å²) in [6.07, 6.45) is 4.15. The maximum Gasteiger partial charge on any atom is 0.329 e. The molecule has 0 aromatic heterocycles. The number of fused-ring (bicyclic) bond motifs is 3. The van der Waals surface area contributed by atoms with Crippen LogP contribution in [0.2, 0.25) is 36.3 Å². The van der Waals surface area contributed by atoms with Crippen molar-refractivity contribution in [1.29, 1.82) is 0 Å². The standard InChI is InChI=1S/C58H103NO14Si2/c1-16-43-30-38(8)29-39(9)31-49(67-13)53-50(68-14)32-41(11)58(66,71-53)54(63)55(64)59-28-24-23-25-45(59)56(65)70-52(42(12)48(33-46(43)62)73-75(20-5,21-6)22-7)40(10)34-57(35-44(61)37-60)27-26-47(51(36-57)69-15)72-74(17-2,18-3)19-4/h30,34,39,41-45,47-53,60-61,66H,16-29,31-33,35-37H2,1-15H3/b38-30+,40-34?/t39?,41?,42?,43?,44?,45?,47-,48?,49?,50?,51?,52?,53?,57?,58?/m0/s1.